The van der Waals surface area contributed by atoms with E-state index in [0.29, 0.717) is 0 Å². The van der Waals surface area contributed by atoms with Gasteiger partial charge in [-0.05, 0) is 13.8 Å². The summed E-state index contributed by atoms with van der Waals surface area (Å²) in [5, 5.41) is 3.50. The van der Waals surface area contributed by atoms with Crippen LogP contribution in [0.15, 0.2) is 0 Å². The fourth-order valence-corrected chi connectivity index (χ4v) is 2.12. The average Bonchev–Trinajstić information content (AvgIpc) is 2.66. The molecule has 1 aliphatic carbocycles. The molecule has 2 rings (SSSR count). The Bertz CT molecular complexity index is 493. The van der Waals surface area contributed by atoms with Crippen LogP contribution in [0.2, 0.25) is 0 Å². The van der Waals surface area contributed by atoms with Crippen LogP contribution in [0.25, 0.3) is 0 Å². The summed E-state index contributed by atoms with van der Waals surface area (Å²) in [6.07, 6.45) is -4.11. The van der Waals surface area contributed by atoms with Crippen LogP contribution in [-0.2, 0) is 5.92 Å². The van der Waals surface area contributed by atoms with E-state index in [4.69, 9.17) is 0 Å². The van der Waals surface area contributed by atoms with E-state index in [1.807, 2.05) is 0 Å². The van der Waals surface area contributed by atoms with E-state index in [1.165, 1.54) is 0 Å². The highest BCUT2D eigenvalue weighted by molar-refractivity contribution is 5.99. The molecule has 0 bridgehead atoms. The maximum absolute atomic E-state index is 13.8. The summed E-state index contributed by atoms with van der Waals surface area (Å²) in [6, 6.07) is -0.511. The Hall–Kier alpha value is -1.40. The van der Waals surface area contributed by atoms with Crippen LogP contribution in [0, 0.1) is 0 Å². The van der Waals surface area contributed by atoms with E-state index in [-0.39, 0.29) is 0 Å². The van der Waals surface area contributed by atoms with Crippen LogP contribution >= 0.6 is 0 Å². The van der Waals surface area contributed by atoms with Crippen molar-refractivity contribution in [3.05, 3.63) is 17.0 Å². The van der Waals surface area contributed by atoms with E-state index in [9.17, 15) is 22.4 Å². The van der Waals surface area contributed by atoms with Crippen LogP contribution in [0.4, 0.5) is 17.6 Å². The van der Waals surface area contributed by atoms with Gasteiger partial charge >= 0.3 is 0 Å². The number of carbonyl (C=O) groups excluding carboxylic acids is 1. The van der Waals surface area contributed by atoms with Crippen molar-refractivity contribution >= 4 is 5.78 Å². The third-order valence-electron chi connectivity index (χ3n) is 2.92. The molecule has 0 fully saturated rings. The van der Waals surface area contributed by atoms with Crippen LogP contribution in [0.3, 0.4) is 0 Å². The van der Waals surface area contributed by atoms with E-state index >= 15 is 0 Å². The molecule has 1 aliphatic rings. The van der Waals surface area contributed by atoms with Gasteiger partial charge in [-0.3, -0.25) is 9.48 Å². The molecule has 0 atom stereocenters. The smallest absolute Gasteiger partial charge is 0.290 e. The Morgan fingerprint density at radius 2 is 1.94 bits per heavy atom. The standard InChI is InChI=1S/C11H12F4N2O/c1-5(2)17-9-7(8(16-17)10(12)13)6(18)3-4-11(9,14)15/h5,10H,3-4H2,1-2H3. The number of halogens is 4. The van der Waals surface area contributed by atoms with Crippen molar-refractivity contribution in [1.82, 2.24) is 9.78 Å². The number of alkyl halides is 4. The highest BCUT2D eigenvalue weighted by Crippen LogP contribution is 2.43. The summed E-state index contributed by atoms with van der Waals surface area (Å²) in [7, 11) is 0. The van der Waals surface area contributed by atoms with Gasteiger partial charge in [-0.1, -0.05) is 0 Å². The number of nitrogens with zero attached hydrogens (tertiary/aromatic N) is 2. The van der Waals surface area contributed by atoms with Gasteiger partial charge in [0.1, 0.15) is 11.4 Å². The molecular weight excluding hydrogens is 252 g/mol. The highest BCUT2D eigenvalue weighted by atomic mass is 19.3. The maximum atomic E-state index is 13.8. The molecular formula is C11H12F4N2O. The number of Topliss-reactive ketones (excluding diaryl/α,β-unsaturated/α-hetero) is 1. The zero-order valence-electron chi connectivity index (χ0n) is 9.88. The quantitative estimate of drug-likeness (QED) is 0.766. The summed E-state index contributed by atoms with van der Waals surface area (Å²) >= 11 is 0. The third-order valence-corrected chi connectivity index (χ3v) is 2.92. The lowest BCUT2D eigenvalue weighted by molar-refractivity contribution is -0.0285. The van der Waals surface area contributed by atoms with Crippen LogP contribution in [-0.4, -0.2) is 15.6 Å². The number of rotatable bonds is 2. The Labute approximate surface area is 101 Å². The summed E-state index contributed by atoms with van der Waals surface area (Å²) < 4.78 is 54.0. The van der Waals surface area contributed by atoms with E-state index in [2.05, 4.69) is 5.10 Å². The molecule has 0 amide bonds. The molecule has 7 heteroatoms. The fraction of sp³-hybridized carbons (Fsp3) is 0.636. The van der Waals surface area contributed by atoms with Crippen molar-refractivity contribution in [3.8, 4) is 0 Å². The number of aromatic nitrogens is 2. The number of fused-ring (bicyclic) bond motifs is 1. The number of hydrogen-bond acceptors (Lipinski definition) is 2. The first-order valence-corrected chi connectivity index (χ1v) is 5.57. The van der Waals surface area contributed by atoms with Gasteiger partial charge in [0.15, 0.2) is 5.78 Å². The maximum Gasteiger partial charge on any atom is 0.290 e. The second-order valence-electron chi connectivity index (χ2n) is 4.58. The number of ketones is 1. The minimum absolute atomic E-state index is 0.427. The predicted octanol–water partition coefficient (Wildman–Crippen LogP) is 3.47. The molecule has 18 heavy (non-hydrogen) atoms. The first-order chi connectivity index (χ1) is 8.25. The molecule has 100 valence electrons. The first kappa shape index (κ1) is 13.0. The largest absolute Gasteiger partial charge is 0.294 e. The Balaban J connectivity index is 2.74. The summed E-state index contributed by atoms with van der Waals surface area (Å²) in [4.78, 5) is 11.6. The molecule has 1 aromatic rings. The zero-order chi connectivity index (χ0) is 13.7. The van der Waals surface area contributed by atoms with Crippen LogP contribution < -0.4 is 0 Å². The molecule has 0 radical (unpaired) electrons. The second kappa shape index (κ2) is 4.07. The lowest BCUT2D eigenvalue weighted by Crippen LogP contribution is -2.28. The van der Waals surface area contributed by atoms with Crippen molar-refractivity contribution in [2.75, 3.05) is 0 Å². The van der Waals surface area contributed by atoms with Crippen molar-refractivity contribution in [2.45, 2.75) is 45.1 Å². The van der Waals surface area contributed by atoms with Crippen molar-refractivity contribution < 1.29 is 22.4 Å². The lowest BCUT2D eigenvalue weighted by atomic mass is 9.91. The molecule has 0 saturated heterocycles. The highest BCUT2D eigenvalue weighted by Gasteiger charge is 2.47. The van der Waals surface area contributed by atoms with Gasteiger partial charge in [0.05, 0.1) is 5.56 Å². The number of hydrogen-bond donors (Lipinski definition) is 0. The fourth-order valence-electron chi connectivity index (χ4n) is 2.12. The van der Waals surface area contributed by atoms with Gasteiger partial charge in [-0.25, -0.2) is 8.78 Å². The predicted molar refractivity (Wildman–Crippen MR) is 55.0 cm³/mol. The van der Waals surface area contributed by atoms with Gasteiger partial charge in [-0.15, -0.1) is 0 Å². The zero-order valence-corrected chi connectivity index (χ0v) is 9.88. The summed E-state index contributed by atoms with van der Waals surface area (Å²) in [6.45, 7) is 3.11. The second-order valence-corrected chi connectivity index (χ2v) is 4.58. The van der Waals surface area contributed by atoms with E-state index < -0.39 is 54.0 Å². The minimum Gasteiger partial charge on any atom is -0.294 e. The van der Waals surface area contributed by atoms with Crippen molar-refractivity contribution in [1.29, 1.82) is 0 Å². The van der Waals surface area contributed by atoms with E-state index in [1.54, 1.807) is 13.8 Å². The van der Waals surface area contributed by atoms with Gasteiger partial charge < -0.3 is 0 Å². The third kappa shape index (κ3) is 1.81. The van der Waals surface area contributed by atoms with E-state index in [0.717, 1.165) is 4.68 Å². The molecule has 0 saturated carbocycles. The summed E-state index contributed by atoms with van der Waals surface area (Å²) in [5.41, 5.74) is -2.08. The molecule has 1 heterocycles. The van der Waals surface area contributed by atoms with Gasteiger partial charge in [0.2, 0.25) is 0 Å². The van der Waals surface area contributed by atoms with Crippen molar-refractivity contribution in [2.24, 2.45) is 0 Å². The number of carbonyl (C=O) groups is 1. The molecule has 3 nitrogen and oxygen atoms in total. The molecule has 0 spiro atoms. The Kier molecular flexibility index (Phi) is 2.95. The minimum atomic E-state index is -3.28. The summed E-state index contributed by atoms with van der Waals surface area (Å²) in [5.74, 6) is -3.97. The van der Waals surface area contributed by atoms with Gasteiger partial charge in [0, 0.05) is 18.9 Å². The molecule has 0 N–H and O–H groups in total. The van der Waals surface area contributed by atoms with Gasteiger partial charge in [-0.2, -0.15) is 13.9 Å². The average molecular weight is 264 g/mol. The first-order valence-electron chi connectivity index (χ1n) is 5.57. The van der Waals surface area contributed by atoms with Gasteiger partial charge in [0.25, 0.3) is 12.3 Å². The Morgan fingerprint density at radius 1 is 1.33 bits per heavy atom. The molecule has 0 aliphatic heterocycles. The Morgan fingerprint density at radius 3 is 2.44 bits per heavy atom. The molecule has 0 aromatic carbocycles. The monoisotopic (exact) mass is 264 g/mol. The van der Waals surface area contributed by atoms with Crippen molar-refractivity contribution in [3.63, 3.8) is 0 Å². The van der Waals surface area contributed by atoms with Crippen LogP contribution in [0.1, 0.15) is 60.9 Å². The molecule has 0 unspecified atom stereocenters. The SMILES string of the molecule is CC(C)n1nc(C(F)F)c2c1C(F)(F)CCC2=O. The van der Waals surface area contributed by atoms with Crippen LogP contribution in [0.5, 0.6) is 0 Å². The topological polar surface area (TPSA) is 34.9 Å². The lowest BCUT2D eigenvalue weighted by Gasteiger charge is -2.24. The normalized spacial score (nSPS) is 18.6. The molecule has 1 aromatic heterocycles.